The lowest BCUT2D eigenvalue weighted by atomic mass is 9.48. The summed E-state index contributed by atoms with van der Waals surface area (Å²) in [7, 11) is 0. The zero-order valence-electron chi connectivity index (χ0n) is 29.3. The minimum Gasteiger partial charge on any atom is -0.310 e. The molecule has 4 bridgehead atoms. The third-order valence-electron chi connectivity index (χ3n) is 13.0. The monoisotopic (exact) mass is 647 g/mol. The lowest BCUT2D eigenvalue weighted by molar-refractivity contribution is -0.00518. The van der Waals surface area contributed by atoms with Crippen LogP contribution in [0.3, 0.4) is 0 Å². The van der Waals surface area contributed by atoms with Crippen molar-refractivity contribution in [1.29, 1.82) is 0 Å². The van der Waals surface area contributed by atoms with E-state index in [4.69, 9.17) is 0 Å². The highest BCUT2D eigenvalue weighted by molar-refractivity contribution is 5.87. The fourth-order valence-electron chi connectivity index (χ4n) is 11.0. The first-order valence-corrected chi connectivity index (χ1v) is 18.8. The van der Waals surface area contributed by atoms with E-state index in [0.29, 0.717) is 5.41 Å². The molecule has 6 aromatic carbocycles. The second-order valence-electron chi connectivity index (χ2n) is 16.5. The topological polar surface area (TPSA) is 3.24 Å². The maximum atomic E-state index is 2.48. The van der Waals surface area contributed by atoms with E-state index in [2.05, 4.69) is 164 Å². The maximum Gasteiger partial charge on any atom is 0.0467 e. The van der Waals surface area contributed by atoms with Crippen LogP contribution < -0.4 is 4.90 Å². The number of anilines is 3. The molecule has 0 radical (unpaired) electrons. The lowest BCUT2D eigenvalue weighted by Gasteiger charge is -2.57. The average molecular weight is 648 g/mol. The lowest BCUT2D eigenvalue weighted by Crippen LogP contribution is -2.48. The summed E-state index contributed by atoms with van der Waals surface area (Å²) in [5.41, 5.74) is 16.0. The zero-order valence-corrected chi connectivity index (χ0v) is 29.3. The molecular weight excluding hydrogens is 603 g/mol. The van der Waals surface area contributed by atoms with Gasteiger partial charge < -0.3 is 4.90 Å². The van der Waals surface area contributed by atoms with Crippen LogP contribution >= 0.6 is 0 Å². The first-order valence-electron chi connectivity index (χ1n) is 18.8. The SMILES string of the molecule is CC1(C)c2ccccc2-c2ccc(N(c3cccc(-c4ccccc4)c3)c3cccc(-c4ccc(C56CC7CC(CC(C7)C5)C6)cc4)c3)cc21. The van der Waals surface area contributed by atoms with Crippen molar-refractivity contribution < 1.29 is 0 Å². The third kappa shape index (κ3) is 4.81. The van der Waals surface area contributed by atoms with Crippen molar-refractivity contribution in [3.05, 3.63) is 162 Å². The van der Waals surface area contributed by atoms with E-state index in [1.165, 1.54) is 94.4 Å². The Hall–Kier alpha value is -4.88. The Bertz CT molecular complexity index is 2190. The van der Waals surface area contributed by atoms with Gasteiger partial charge in [0.25, 0.3) is 0 Å². The Morgan fingerprint density at radius 3 is 1.60 bits per heavy atom. The van der Waals surface area contributed by atoms with E-state index in [1.807, 2.05) is 0 Å². The smallest absolute Gasteiger partial charge is 0.0467 e. The minimum atomic E-state index is -0.0697. The highest BCUT2D eigenvalue weighted by Gasteiger charge is 2.51. The van der Waals surface area contributed by atoms with Crippen LogP contribution in [0.1, 0.15) is 69.1 Å². The van der Waals surface area contributed by atoms with Gasteiger partial charge in [-0.1, -0.05) is 123 Å². The summed E-state index contributed by atoms with van der Waals surface area (Å²) in [6.45, 7) is 4.74. The van der Waals surface area contributed by atoms with Crippen LogP contribution in [0.25, 0.3) is 33.4 Å². The molecule has 0 aliphatic heterocycles. The van der Waals surface area contributed by atoms with Crippen molar-refractivity contribution in [2.45, 2.75) is 63.2 Å². The summed E-state index contributed by atoms with van der Waals surface area (Å²) in [5.74, 6) is 2.88. The molecule has 1 heteroatoms. The molecule has 0 heterocycles. The molecule has 0 atom stereocenters. The molecule has 5 aliphatic carbocycles. The molecule has 0 aromatic heterocycles. The molecule has 4 fully saturated rings. The summed E-state index contributed by atoms with van der Waals surface area (Å²) in [5, 5.41) is 0. The van der Waals surface area contributed by atoms with Gasteiger partial charge in [0, 0.05) is 22.5 Å². The first-order chi connectivity index (χ1) is 24.4. The Kier molecular flexibility index (Phi) is 6.79. The summed E-state index contributed by atoms with van der Waals surface area (Å²) >= 11 is 0. The van der Waals surface area contributed by atoms with E-state index in [9.17, 15) is 0 Å². The molecule has 0 amide bonds. The van der Waals surface area contributed by atoms with Crippen LogP contribution in [0.4, 0.5) is 17.1 Å². The van der Waals surface area contributed by atoms with Crippen molar-refractivity contribution in [3.8, 4) is 33.4 Å². The van der Waals surface area contributed by atoms with Gasteiger partial charge in [0.2, 0.25) is 0 Å². The van der Waals surface area contributed by atoms with Gasteiger partial charge >= 0.3 is 0 Å². The number of nitrogens with zero attached hydrogens (tertiary/aromatic N) is 1. The molecule has 11 rings (SSSR count). The van der Waals surface area contributed by atoms with Crippen molar-refractivity contribution >= 4 is 17.1 Å². The van der Waals surface area contributed by atoms with E-state index in [0.717, 1.165) is 23.4 Å². The maximum absolute atomic E-state index is 2.48. The van der Waals surface area contributed by atoms with Crippen molar-refractivity contribution in [2.24, 2.45) is 17.8 Å². The first kappa shape index (κ1) is 30.0. The summed E-state index contributed by atoms with van der Waals surface area (Å²) in [6.07, 6.45) is 8.70. The standard InChI is InChI=1S/C49H45N/c1-48(2)46-17-7-6-16-44(46)45-23-22-43(29-47(45)48)50(41-14-8-12-38(27-41)36-10-4-3-5-11-36)42-15-9-13-39(28-42)37-18-20-40(21-19-37)49-30-33-24-34(31-49)26-35(25-33)32-49/h3-23,27-29,33-35H,24-26,30-32H2,1-2H3. The van der Waals surface area contributed by atoms with E-state index < -0.39 is 0 Å². The van der Waals surface area contributed by atoms with Crippen LogP contribution in [-0.2, 0) is 10.8 Å². The predicted molar refractivity (Wildman–Crippen MR) is 209 cm³/mol. The molecule has 246 valence electrons. The number of benzene rings is 6. The summed E-state index contributed by atoms with van der Waals surface area (Å²) in [6, 6.07) is 54.7. The second-order valence-corrected chi connectivity index (χ2v) is 16.5. The van der Waals surface area contributed by atoms with E-state index >= 15 is 0 Å². The Labute approximate surface area is 297 Å². The molecule has 6 aromatic rings. The van der Waals surface area contributed by atoms with Crippen LogP contribution in [0.2, 0.25) is 0 Å². The number of rotatable bonds is 6. The fraction of sp³-hybridized carbons (Fsp3) is 0.265. The van der Waals surface area contributed by atoms with E-state index in [1.54, 1.807) is 5.56 Å². The van der Waals surface area contributed by atoms with Crippen LogP contribution in [0.5, 0.6) is 0 Å². The fourth-order valence-corrected chi connectivity index (χ4v) is 11.0. The predicted octanol–water partition coefficient (Wildman–Crippen LogP) is 13.3. The minimum absolute atomic E-state index is 0.0697. The van der Waals surface area contributed by atoms with E-state index in [-0.39, 0.29) is 5.41 Å². The molecule has 4 saturated carbocycles. The molecule has 50 heavy (non-hydrogen) atoms. The van der Waals surface area contributed by atoms with Gasteiger partial charge in [0.05, 0.1) is 0 Å². The molecular formula is C49H45N. The van der Waals surface area contributed by atoms with Crippen molar-refractivity contribution in [3.63, 3.8) is 0 Å². The Morgan fingerprint density at radius 1 is 0.440 bits per heavy atom. The largest absolute Gasteiger partial charge is 0.310 e. The molecule has 0 spiro atoms. The average Bonchev–Trinajstić information content (AvgIpc) is 3.37. The van der Waals surface area contributed by atoms with Gasteiger partial charge in [-0.3, -0.25) is 0 Å². The summed E-state index contributed by atoms with van der Waals surface area (Å²) < 4.78 is 0. The quantitative estimate of drug-likeness (QED) is 0.174. The van der Waals surface area contributed by atoms with Crippen LogP contribution in [-0.4, -0.2) is 0 Å². The van der Waals surface area contributed by atoms with Crippen LogP contribution in [0, 0.1) is 17.8 Å². The van der Waals surface area contributed by atoms with Gasteiger partial charge in [-0.15, -0.1) is 0 Å². The highest BCUT2D eigenvalue weighted by Crippen LogP contribution is 2.61. The van der Waals surface area contributed by atoms with Gasteiger partial charge in [-0.2, -0.15) is 0 Å². The number of fused-ring (bicyclic) bond motifs is 3. The van der Waals surface area contributed by atoms with Crippen molar-refractivity contribution in [2.75, 3.05) is 4.90 Å². The molecule has 0 saturated heterocycles. The number of hydrogen-bond donors (Lipinski definition) is 0. The zero-order chi connectivity index (χ0) is 33.5. The molecule has 0 unspecified atom stereocenters. The van der Waals surface area contributed by atoms with Gasteiger partial charge in [-0.05, 0) is 148 Å². The second kappa shape index (κ2) is 11.3. The Morgan fingerprint density at radius 2 is 0.960 bits per heavy atom. The molecule has 0 N–H and O–H groups in total. The summed E-state index contributed by atoms with van der Waals surface area (Å²) in [4.78, 5) is 2.46. The third-order valence-corrected chi connectivity index (χ3v) is 13.0. The normalized spacial score (nSPS) is 23.8. The highest BCUT2D eigenvalue weighted by atomic mass is 15.1. The molecule has 5 aliphatic rings. The van der Waals surface area contributed by atoms with Crippen LogP contribution in [0.15, 0.2) is 146 Å². The van der Waals surface area contributed by atoms with Crippen molar-refractivity contribution in [1.82, 2.24) is 0 Å². The van der Waals surface area contributed by atoms with Gasteiger partial charge in [0.15, 0.2) is 0 Å². The Balaban J connectivity index is 1.06. The van der Waals surface area contributed by atoms with Gasteiger partial charge in [0.1, 0.15) is 0 Å². The molecule has 1 nitrogen and oxygen atoms in total. The van der Waals surface area contributed by atoms with Gasteiger partial charge in [-0.25, -0.2) is 0 Å². The number of hydrogen-bond acceptors (Lipinski definition) is 1.